The number of rotatable bonds is 11. The van der Waals surface area contributed by atoms with Crippen LogP contribution in [0.4, 0.5) is 0 Å². The van der Waals surface area contributed by atoms with Crippen molar-refractivity contribution in [3.05, 3.63) is 204 Å². The van der Waals surface area contributed by atoms with Gasteiger partial charge in [-0.1, -0.05) is 140 Å². The average Bonchev–Trinajstić information content (AvgIpc) is 3.93. The molecule has 0 spiro atoms. The van der Waals surface area contributed by atoms with Gasteiger partial charge in [-0.25, -0.2) is 0 Å². The summed E-state index contributed by atoms with van der Waals surface area (Å²) in [5.41, 5.74) is 5.03. The number of para-hydroxylation sites is 2. The van der Waals surface area contributed by atoms with Crippen LogP contribution in [0.15, 0.2) is 170 Å². The zero-order valence-corrected chi connectivity index (χ0v) is 39.5. The van der Waals surface area contributed by atoms with Crippen molar-refractivity contribution in [1.29, 1.82) is 0 Å². The van der Waals surface area contributed by atoms with Crippen molar-refractivity contribution in [2.75, 3.05) is 39.4 Å². The molecule has 6 aromatic rings. The van der Waals surface area contributed by atoms with E-state index in [2.05, 4.69) is 76.5 Å². The summed E-state index contributed by atoms with van der Waals surface area (Å²) in [4.78, 5) is 15.8. The second-order valence-electron chi connectivity index (χ2n) is 15.7. The molecule has 3 aliphatic rings. The van der Waals surface area contributed by atoms with E-state index in [1.807, 2.05) is 109 Å². The molecule has 0 aromatic heterocycles. The molecular weight excluding hydrogens is 861 g/mol. The third-order valence-electron chi connectivity index (χ3n) is 11.0. The van der Waals surface area contributed by atoms with E-state index in [0.29, 0.717) is 31.8 Å². The summed E-state index contributed by atoms with van der Waals surface area (Å²) in [6.07, 6.45) is 5.44. The number of benzene rings is 6. The Kier molecular flexibility index (Phi) is 23.8. The van der Waals surface area contributed by atoms with Gasteiger partial charge in [-0.3, -0.25) is 14.6 Å². The molecule has 0 bridgehead atoms. The molecule has 7 nitrogen and oxygen atoms in total. The van der Waals surface area contributed by atoms with Crippen LogP contribution in [-0.4, -0.2) is 83.1 Å². The molecule has 3 heterocycles. The first kappa shape index (κ1) is 51.3. The van der Waals surface area contributed by atoms with Crippen molar-refractivity contribution in [1.82, 2.24) is 9.80 Å². The molecule has 6 aromatic carbocycles. The van der Waals surface area contributed by atoms with E-state index in [-0.39, 0.29) is 40.0 Å². The molecule has 0 unspecified atom stereocenters. The molecule has 3 saturated heterocycles. The van der Waals surface area contributed by atoms with E-state index < -0.39 is 5.60 Å². The van der Waals surface area contributed by atoms with Crippen molar-refractivity contribution in [2.24, 2.45) is 0 Å². The van der Waals surface area contributed by atoms with Crippen LogP contribution in [-0.2, 0) is 41.4 Å². The van der Waals surface area contributed by atoms with Crippen LogP contribution in [0.1, 0.15) is 66.3 Å². The Morgan fingerprint density at radius 2 is 1.00 bits per heavy atom. The van der Waals surface area contributed by atoms with Gasteiger partial charge in [0, 0.05) is 76.6 Å². The normalized spacial score (nSPS) is 15.5. The predicted octanol–water partition coefficient (Wildman–Crippen LogP) is 7.09. The minimum atomic E-state index is -0.833. The Bertz CT molecular complexity index is 2030. The van der Waals surface area contributed by atoms with Crippen LogP contribution in [0.5, 0.6) is 11.5 Å². The molecule has 3 fully saturated rings. The Balaban J connectivity index is 0.000000209. The Hall–Kier alpha value is -4.32. The summed E-state index contributed by atoms with van der Waals surface area (Å²) in [6.45, 7) is 8.62. The van der Waals surface area contributed by atoms with E-state index in [0.717, 1.165) is 87.9 Å². The van der Waals surface area contributed by atoms with Crippen LogP contribution < -0.4 is 26.5 Å². The summed E-state index contributed by atoms with van der Waals surface area (Å²) >= 11 is 0. The number of hydrogen-bond donors (Lipinski definition) is 1. The number of piperidine rings is 2. The van der Waals surface area contributed by atoms with Gasteiger partial charge in [0.25, 0.3) is 0 Å². The number of carbonyl (C=O) groups excluding carboxylic acids is 1. The minimum absolute atomic E-state index is 0. The molecule has 63 heavy (non-hydrogen) atoms. The monoisotopic (exact) mass is 920 g/mol. The second kappa shape index (κ2) is 29.2. The maximum atomic E-state index is 11.4. The average molecular weight is 922 g/mol. The predicted molar refractivity (Wildman–Crippen MR) is 250 cm³/mol. The summed E-state index contributed by atoms with van der Waals surface area (Å²) < 4.78 is 16.6. The number of ketones is 1. The minimum Gasteiger partial charge on any atom is -1.00 e. The quantitative estimate of drug-likeness (QED) is 0.110. The zero-order chi connectivity index (χ0) is 42.2. The van der Waals surface area contributed by atoms with Crippen LogP contribution in [0, 0.1) is 6.07 Å². The first-order chi connectivity index (χ1) is 30.0. The second-order valence-corrected chi connectivity index (χ2v) is 15.7. The Morgan fingerprint density at radius 3 is 1.48 bits per heavy atom. The van der Waals surface area contributed by atoms with Crippen molar-refractivity contribution in [3.8, 4) is 11.5 Å². The molecule has 0 amide bonds. The SMILES string of the molecule is C1CCOC1.O=C1CCN(Cc2ccccc2)CC1.OC1(c2ccccc2OCc2ccccc2)CCN(Cc2ccccc2)CC1.[Br-].[Mg+2].[c-]1ccccc1OCc1ccccc1. The first-order valence-corrected chi connectivity index (χ1v) is 21.8. The summed E-state index contributed by atoms with van der Waals surface area (Å²) in [5.74, 6) is 1.98. The molecule has 1 N–H and O–H groups in total. The number of Topliss-reactive ketones (excluding diaryl/α,β-unsaturated/α-hetero) is 1. The number of halogens is 1. The zero-order valence-electron chi connectivity index (χ0n) is 36.5. The molecule has 0 atom stereocenters. The van der Waals surface area contributed by atoms with Gasteiger partial charge in [-0.2, -0.15) is 18.2 Å². The fraction of sp³-hybridized carbons (Fsp3) is 0.315. The topological polar surface area (TPSA) is 71.5 Å². The maximum absolute atomic E-state index is 11.4. The van der Waals surface area contributed by atoms with Gasteiger partial charge in [-0.05, 0) is 54.0 Å². The molecule has 326 valence electrons. The van der Waals surface area contributed by atoms with Gasteiger partial charge >= 0.3 is 23.1 Å². The summed E-state index contributed by atoms with van der Waals surface area (Å²) in [5, 5.41) is 11.4. The third kappa shape index (κ3) is 18.7. The number of ether oxygens (including phenoxy) is 3. The van der Waals surface area contributed by atoms with E-state index >= 15 is 0 Å². The standard InChI is InChI=1S/C25H27NO2.C13H11O.C12H15NO.C4H8O.BrH.Mg/c27-25(15-17-26(18-16-25)19-21-9-3-1-4-10-21)23-13-7-8-14-24(23)28-20-22-11-5-2-6-12-22;1-3-7-12(8-4-1)11-14-13-9-5-2-6-10-13;14-12-6-8-13(9-7-12)10-11-4-2-1-3-5-11;1-2-4-5-3-1;;/h1-14,27H,15-20H2;1-9H,11H2;1-5H,6-10H2;1-4H2;1H;/q;-1;;;;+2/p-1. The largest absolute Gasteiger partial charge is 2.00 e. The van der Waals surface area contributed by atoms with Crippen molar-refractivity contribution >= 4 is 28.8 Å². The van der Waals surface area contributed by atoms with Gasteiger partial charge in [0.15, 0.2) is 0 Å². The van der Waals surface area contributed by atoms with Gasteiger partial charge < -0.3 is 36.3 Å². The molecular formula is C54H61BrMgN2O5. The van der Waals surface area contributed by atoms with E-state index in [1.165, 1.54) is 29.5 Å². The molecule has 9 rings (SSSR count). The summed E-state index contributed by atoms with van der Waals surface area (Å²) in [7, 11) is 0. The summed E-state index contributed by atoms with van der Waals surface area (Å²) in [6, 6.07) is 59.8. The van der Waals surface area contributed by atoms with Gasteiger partial charge in [0.1, 0.15) is 24.7 Å². The number of aliphatic hydroxyl groups is 1. The van der Waals surface area contributed by atoms with E-state index in [1.54, 1.807) is 0 Å². The fourth-order valence-corrected chi connectivity index (χ4v) is 7.42. The van der Waals surface area contributed by atoms with E-state index in [9.17, 15) is 9.90 Å². The van der Waals surface area contributed by atoms with Gasteiger partial charge in [0.2, 0.25) is 0 Å². The fourth-order valence-electron chi connectivity index (χ4n) is 7.42. The Morgan fingerprint density at radius 1 is 0.556 bits per heavy atom. The van der Waals surface area contributed by atoms with Crippen LogP contribution >= 0.6 is 0 Å². The molecule has 0 aliphatic carbocycles. The molecule has 3 aliphatic heterocycles. The molecule has 0 radical (unpaired) electrons. The third-order valence-corrected chi connectivity index (χ3v) is 11.0. The number of likely N-dealkylation sites (tertiary alicyclic amines) is 2. The van der Waals surface area contributed by atoms with Crippen LogP contribution in [0.25, 0.3) is 0 Å². The van der Waals surface area contributed by atoms with Crippen LogP contribution in [0.2, 0.25) is 0 Å². The number of carbonyl (C=O) groups is 1. The first-order valence-electron chi connectivity index (χ1n) is 21.8. The number of nitrogens with zero attached hydrogens (tertiary/aromatic N) is 2. The Labute approximate surface area is 402 Å². The molecule has 0 saturated carbocycles. The van der Waals surface area contributed by atoms with Crippen LogP contribution in [0.3, 0.4) is 0 Å². The maximum Gasteiger partial charge on any atom is 2.00 e. The van der Waals surface area contributed by atoms with Gasteiger partial charge in [-0.15, -0.1) is 12.1 Å². The van der Waals surface area contributed by atoms with Gasteiger partial charge in [0.05, 0.1) is 5.60 Å². The number of hydrogen-bond acceptors (Lipinski definition) is 7. The van der Waals surface area contributed by atoms with E-state index in [4.69, 9.17) is 14.2 Å². The van der Waals surface area contributed by atoms with Crippen molar-refractivity contribution in [3.63, 3.8) is 0 Å². The smallest absolute Gasteiger partial charge is 1.00 e. The molecule has 9 heteroatoms. The van der Waals surface area contributed by atoms with Crippen molar-refractivity contribution < 1.29 is 41.1 Å². The van der Waals surface area contributed by atoms with Crippen molar-refractivity contribution in [2.45, 2.75) is 70.4 Å².